The molecule has 0 fully saturated rings. The molecule has 1 aromatic rings. The number of aliphatic hydroxyl groups is 1. The van der Waals surface area contributed by atoms with E-state index in [1.54, 1.807) is 0 Å². The third kappa shape index (κ3) is 3.65. The van der Waals surface area contributed by atoms with Gasteiger partial charge in [-0.2, -0.15) is 0 Å². The van der Waals surface area contributed by atoms with Gasteiger partial charge in [0.05, 0.1) is 0 Å². The molecular formula is C13H21NO. The van der Waals surface area contributed by atoms with Crippen LogP contribution in [-0.4, -0.2) is 18.3 Å². The van der Waals surface area contributed by atoms with Crippen LogP contribution in [0.4, 0.5) is 0 Å². The smallest absolute Gasteiger partial charge is 0.0468 e. The van der Waals surface area contributed by atoms with Gasteiger partial charge in [-0.05, 0) is 30.9 Å². The summed E-state index contributed by atoms with van der Waals surface area (Å²) in [4.78, 5) is 0. The minimum absolute atomic E-state index is 0.244. The van der Waals surface area contributed by atoms with E-state index in [1.165, 1.54) is 11.1 Å². The fourth-order valence-electron chi connectivity index (χ4n) is 1.63. The Bertz CT molecular complexity index is 298. The highest BCUT2D eigenvalue weighted by Crippen LogP contribution is 2.16. The Morgan fingerprint density at radius 2 is 1.93 bits per heavy atom. The zero-order valence-corrected chi connectivity index (χ0v) is 9.83. The lowest BCUT2D eigenvalue weighted by molar-refractivity contribution is 0.231. The monoisotopic (exact) mass is 207 g/mol. The average molecular weight is 207 g/mol. The van der Waals surface area contributed by atoms with Gasteiger partial charge in [-0.3, -0.25) is 0 Å². The Morgan fingerprint density at radius 1 is 1.27 bits per heavy atom. The molecule has 2 atom stereocenters. The first-order valence-electron chi connectivity index (χ1n) is 5.55. The van der Waals surface area contributed by atoms with Crippen LogP contribution >= 0.6 is 0 Å². The van der Waals surface area contributed by atoms with Crippen molar-refractivity contribution in [2.45, 2.75) is 26.8 Å². The van der Waals surface area contributed by atoms with E-state index in [1.807, 2.05) is 6.92 Å². The second-order valence-electron chi connectivity index (χ2n) is 4.27. The fourth-order valence-corrected chi connectivity index (χ4v) is 1.63. The molecule has 0 heterocycles. The summed E-state index contributed by atoms with van der Waals surface area (Å²) in [6.45, 7) is 7.42. The molecule has 0 spiro atoms. The van der Waals surface area contributed by atoms with Gasteiger partial charge in [0.2, 0.25) is 0 Å². The molecule has 0 saturated heterocycles. The molecule has 1 rings (SSSR count). The van der Waals surface area contributed by atoms with Gasteiger partial charge in [0.25, 0.3) is 0 Å². The van der Waals surface area contributed by atoms with Crippen LogP contribution in [0.5, 0.6) is 0 Å². The lowest BCUT2D eigenvalue weighted by atomic mass is 10.0. The summed E-state index contributed by atoms with van der Waals surface area (Å²) in [7, 11) is 0. The molecule has 2 heteroatoms. The lowest BCUT2D eigenvalue weighted by Gasteiger charge is -2.18. The van der Waals surface area contributed by atoms with E-state index in [-0.39, 0.29) is 6.61 Å². The molecule has 2 nitrogen and oxygen atoms in total. The van der Waals surface area contributed by atoms with E-state index in [0.29, 0.717) is 12.0 Å². The van der Waals surface area contributed by atoms with Crippen LogP contribution in [0, 0.1) is 12.8 Å². The third-order valence-corrected chi connectivity index (χ3v) is 2.74. The van der Waals surface area contributed by atoms with Gasteiger partial charge in [-0.1, -0.05) is 31.2 Å². The highest BCUT2D eigenvalue weighted by molar-refractivity contribution is 5.28. The molecule has 1 aromatic carbocycles. The second kappa shape index (κ2) is 5.89. The number of hydrogen-bond acceptors (Lipinski definition) is 2. The predicted molar refractivity (Wildman–Crippen MR) is 63.8 cm³/mol. The SMILES string of the molecule is Cc1ccccc1[C@@H](C)NCC(C)CO. The standard InChI is InChI=1S/C13H21NO/c1-10(9-15)8-14-12(3)13-7-5-4-6-11(13)2/h4-7,10,12,14-15H,8-9H2,1-3H3/t10?,12-/m1/s1. The molecule has 0 bridgehead atoms. The maximum absolute atomic E-state index is 8.93. The number of nitrogens with one attached hydrogen (secondary N) is 1. The highest BCUT2D eigenvalue weighted by Gasteiger charge is 2.08. The molecule has 0 aliphatic carbocycles. The van der Waals surface area contributed by atoms with E-state index < -0.39 is 0 Å². The topological polar surface area (TPSA) is 32.3 Å². The van der Waals surface area contributed by atoms with E-state index in [0.717, 1.165) is 6.54 Å². The zero-order valence-electron chi connectivity index (χ0n) is 9.83. The molecule has 0 aromatic heterocycles. The first-order valence-corrected chi connectivity index (χ1v) is 5.55. The van der Waals surface area contributed by atoms with Crippen molar-refractivity contribution in [3.63, 3.8) is 0 Å². The molecule has 84 valence electrons. The zero-order chi connectivity index (χ0) is 11.3. The lowest BCUT2D eigenvalue weighted by Crippen LogP contribution is -2.26. The maximum Gasteiger partial charge on any atom is 0.0468 e. The van der Waals surface area contributed by atoms with Crippen LogP contribution in [-0.2, 0) is 0 Å². The van der Waals surface area contributed by atoms with Crippen molar-refractivity contribution in [2.75, 3.05) is 13.2 Å². The molecule has 0 radical (unpaired) electrons. The maximum atomic E-state index is 8.93. The van der Waals surface area contributed by atoms with Crippen LogP contribution < -0.4 is 5.32 Å². The molecule has 0 amide bonds. The largest absolute Gasteiger partial charge is 0.396 e. The molecule has 0 saturated carbocycles. The Labute approximate surface area is 92.3 Å². The van der Waals surface area contributed by atoms with Crippen molar-refractivity contribution in [2.24, 2.45) is 5.92 Å². The van der Waals surface area contributed by atoms with Gasteiger partial charge in [0, 0.05) is 19.2 Å². The van der Waals surface area contributed by atoms with E-state index in [4.69, 9.17) is 5.11 Å². The van der Waals surface area contributed by atoms with Gasteiger partial charge >= 0.3 is 0 Å². The van der Waals surface area contributed by atoms with E-state index in [9.17, 15) is 0 Å². The van der Waals surface area contributed by atoms with Crippen molar-refractivity contribution in [1.82, 2.24) is 5.32 Å². The summed E-state index contributed by atoms with van der Waals surface area (Å²) in [5.41, 5.74) is 2.65. The van der Waals surface area contributed by atoms with Crippen LogP contribution in [0.15, 0.2) is 24.3 Å². The average Bonchev–Trinajstić information content (AvgIpc) is 2.26. The molecule has 0 aliphatic rings. The van der Waals surface area contributed by atoms with Gasteiger partial charge < -0.3 is 10.4 Å². The Kier molecular flexibility index (Phi) is 4.79. The molecular weight excluding hydrogens is 186 g/mol. The van der Waals surface area contributed by atoms with Crippen molar-refractivity contribution in [3.05, 3.63) is 35.4 Å². The van der Waals surface area contributed by atoms with Crippen molar-refractivity contribution in [3.8, 4) is 0 Å². The number of aliphatic hydroxyl groups excluding tert-OH is 1. The Morgan fingerprint density at radius 3 is 2.53 bits per heavy atom. The van der Waals surface area contributed by atoms with Gasteiger partial charge in [0.1, 0.15) is 0 Å². The fraction of sp³-hybridized carbons (Fsp3) is 0.538. The third-order valence-electron chi connectivity index (χ3n) is 2.74. The van der Waals surface area contributed by atoms with E-state index >= 15 is 0 Å². The minimum Gasteiger partial charge on any atom is -0.396 e. The summed E-state index contributed by atoms with van der Waals surface area (Å²) in [5.74, 6) is 0.316. The van der Waals surface area contributed by atoms with Gasteiger partial charge in [-0.15, -0.1) is 0 Å². The van der Waals surface area contributed by atoms with Gasteiger partial charge in [-0.25, -0.2) is 0 Å². The summed E-state index contributed by atoms with van der Waals surface area (Å²) < 4.78 is 0. The van der Waals surface area contributed by atoms with Crippen molar-refractivity contribution in [1.29, 1.82) is 0 Å². The Balaban J connectivity index is 2.54. The normalized spacial score (nSPS) is 14.9. The Hall–Kier alpha value is -0.860. The number of benzene rings is 1. The molecule has 1 unspecified atom stereocenters. The molecule has 0 aliphatic heterocycles. The van der Waals surface area contributed by atoms with Crippen LogP contribution in [0.2, 0.25) is 0 Å². The highest BCUT2D eigenvalue weighted by atomic mass is 16.3. The number of rotatable bonds is 5. The van der Waals surface area contributed by atoms with Crippen molar-refractivity contribution < 1.29 is 5.11 Å². The number of hydrogen-bond donors (Lipinski definition) is 2. The van der Waals surface area contributed by atoms with Crippen LogP contribution in [0.3, 0.4) is 0 Å². The summed E-state index contributed by atoms with van der Waals surface area (Å²) in [5, 5.41) is 12.4. The summed E-state index contributed by atoms with van der Waals surface area (Å²) >= 11 is 0. The summed E-state index contributed by atoms with van der Waals surface area (Å²) in [6, 6.07) is 8.75. The first-order chi connectivity index (χ1) is 7.15. The first kappa shape index (κ1) is 12.2. The van der Waals surface area contributed by atoms with E-state index in [2.05, 4.69) is 43.4 Å². The minimum atomic E-state index is 0.244. The quantitative estimate of drug-likeness (QED) is 0.776. The molecule has 2 N–H and O–H groups in total. The molecule has 15 heavy (non-hydrogen) atoms. The van der Waals surface area contributed by atoms with Crippen LogP contribution in [0.1, 0.15) is 31.0 Å². The van der Waals surface area contributed by atoms with Crippen LogP contribution in [0.25, 0.3) is 0 Å². The predicted octanol–water partition coefficient (Wildman–Crippen LogP) is 2.27. The van der Waals surface area contributed by atoms with Crippen molar-refractivity contribution >= 4 is 0 Å². The van der Waals surface area contributed by atoms with Gasteiger partial charge in [0.15, 0.2) is 0 Å². The summed E-state index contributed by atoms with van der Waals surface area (Å²) in [6.07, 6.45) is 0. The number of aryl methyl sites for hydroxylation is 1. The second-order valence-corrected chi connectivity index (χ2v) is 4.27.